The van der Waals surface area contributed by atoms with Gasteiger partial charge >= 0.3 is 0 Å². The number of ether oxygens (including phenoxy) is 1. The van der Waals surface area contributed by atoms with Gasteiger partial charge in [0.15, 0.2) is 0 Å². The lowest BCUT2D eigenvalue weighted by Crippen LogP contribution is -2.33. The number of halogens is 1. The summed E-state index contributed by atoms with van der Waals surface area (Å²) in [5.74, 6) is 0.885. The van der Waals surface area contributed by atoms with Crippen LogP contribution >= 0.6 is 23.7 Å². The van der Waals surface area contributed by atoms with E-state index in [1.165, 1.54) is 24.2 Å². The van der Waals surface area contributed by atoms with E-state index in [1.54, 1.807) is 6.07 Å². The van der Waals surface area contributed by atoms with E-state index in [-0.39, 0.29) is 18.3 Å². The van der Waals surface area contributed by atoms with Crippen molar-refractivity contribution in [3.63, 3.8) is 0 Å². The van der Waals surface area contributed by atoms with Crippen LogP contribution in [0.15, 0.2) is 18.2 Å². The summed E-state index contributed by atoms with van der Waals surface area (Å²) in [5, 5.41) is 13.2. The second kappa shape index (κ2) is 11.3. The van der Waals surface area contributed by atoms with Crippen LogP contribution in [0.4, 0.5) is 0 Å². The Morgan fingerprint density at radius 3 is 2.77 bits per heavy atom. The van der Waals surface area contributed by atoms with Gasteiger partial charge in [-0.05, 0) is 57.0 Å². The number of nitriles is 1. The third kappa shape index (κ3) is 6.18. The molecule has 0 unspecified atom stereocenters. The first-order valence-corrected chi connectivity index (χ1v) is 10.9. The Balaban J connectivity index is 0.00000320. The van der Waals surface area contributed by atoms with Crippen molar-refractivity contribution < 1.29 is 9.53 Å². The van der Waals surface area contributed by atoms with Crippen LogP contribution < -0.4 is 10.1 Å². The molecule has 1 fully saturated rings. The Kier molecular flexibility index (Phi) is 9.09. The average molecular weight is 449 g/mol. The van der Waals surface area contributed by atoms with Gasteiger partial charge in [0.05, 0.1) is 17.9 Å². The first-order chi connectivity index (χ1) is 14.0. The lowest BCUT2D eigenvalue weighted by molar-refractivity contribution is 0.0953. The zero-order valence-corrected chi connectivity index (χ0v) is 19.4. The monoisotopic (exact) mass is 448 g/mol. The molecular weight excluding hydrogens is 420 g/mol. The molecule has 30 heavy (non-hydrogen) atoms. The molecule has 1 aromatic heterocycles. The maximum Gasteiger partial charge on any atom is 0.263 e. The van der Waals surface area contributed by atoms with E-state index in [4.69, 9.17) is 4.74 Å². The number of benzene rings is 1. The maximum absolute atomic E-state index is 12.6. The Labute approximate surface area is 188 Å². The van der Waals surface area contributed by atoms with Crippen molar-refractivity contribution >= 4 is 29.7 Å². The molecule has 0 saturated carbocycles. The van der Waals surface area contributed by atoms with Gasteiger partial charge < -0.3 is 15.0 Å². The molecule has 1 saturated heterocycles. The van der Waals surface area contributed by atoms with Crippen LogP contribution in [0.2, 0.25) is 0 Å². The Hall–Kier alpha value is -2.14. The molecule has 0 aliphatic carbocycles. The van der Waals surface area contributed by atoms with E-state index in [0.29, 0.717) is 41.0 Å². The Morgan fingerprint density at radius 2 is 2.10 bits per heavy atom. The zero-order chi connectivity index (χ0) is 20.8. The van der Waals surface area contributed by atoms with Gasteiger partial charge in [-0.15, -0.1) is 23.7 Å². The summed E-state index contributed by atoms with van der Waals surface area (Å²) in [6.07, 6.45) is 2.49. The van der Waals surface area contributed by atoms with Gasteiger partial charge in [-0.25, -0.2) is 4.98 Å². The number of aromatic nitrogens is 1. The molecule has 0 bridgehead atoms. The van der Waals surface area contributed by atoms with Crippen LogP contribution in [0, 0.1) is 24.2 Å². The molecule has 1 aliphatic rings. The number of thiazole rings is 1. The molecule has 1 N–H and O–H groups in total. The van der Waals surface area contributed by atoms with Gasteiger partial charge in [0.25, 0.3) is 5.91 Å². The minimum Gasteiger partial charge on any atom is -0.492 e. The van der Waals surface area contributed by atoms with E-state index < -0.39 is 0 Å². The third-order valence-corrected chi connectivity index (χ3v) is 6.04. The fraction of sp³-hybridized carbons (Fsp3) is 0.500. The second-order valence-electron chi connectivity index (χ2n) is 7.77. The molecule has 2 aromatic rings. The SMILES string of the molecule is Cc1nc(-c2ccc(OCC(C)C)c(C#N)c2)sc1C(=O)NCCN1CCCC1.Cl. The highest BCUT2D eigenvalue weighted by Crippen LogP contribution is 2.31. The molecule has 2 heterocycles. The molecule has 6 nitrogen and oxygen atoms in total. The number of nitrogens with zero attached hydrogens (tertiary/aromatic N) is 3. The molecule has 0 atom stereocenters. The number of hydrogen-bond acceptors (Lipinski definition) is 6. The van der Waals surface area contributed by atoms with Crippen LogP contribution in [0.5, 0.6) is 5.75 Å². The highest BCUT2D eigenvalue weighted by molar-refractivity contribution is 7.17. The lowest BCUT2D eigenvalue weighted by Gasteiger charge is -2.14. The third-order valence-electron chi connectivity index (χ3n) is 4.83. The summed E-state index contributed by atoms with van der Waals surface area (Å²) in [6, 6.07) is 7.68. The van der Waals surface area contributed by atoms with Crippen molar-refractivity contribution in [1.29, 1.82) is 5.26 Å². The quantitative estimate of drug-likeness (QED) is 0.652. The predicted octanol–water partition coefficient (Wildman–Crippen LogP) is 4.27. The van der Waals surface area contributed by atoms with Gasteiger partial charge in [0, 0.05) is 18.7 Å². The van der Waals surface area contributed by atoms with Crippen LogP contribution in [-0.2, 0) is 0 Å². The van der Waals surface area contributed by atoms with Crippen LogP contribution in [-0.4, -0.2) is 48.6 Å². The summed E-state index contributed by atoms with van der Waals surface area (Å²) < 4.78 is 5.73. The number of aryl methyl sites for hydroxylation is 1. The number of nitrogens with one attached hydrogen (secondary N) is 1. The summed E-state index contributed by atoms with van der Waals surface area (Å²) in [4.78, 5) is 20.1. The van der Waals surface area contributed by atoms with E-state index >= 15 is 0 Å². The molecule has 3 rings (SSSR count). The zero-order valence-electron chi connectivity index (χ0n) is 17.7. The van der Waals surface area contributed by atoms with Crippen LogP contribution in [0.1, 0.15) is 47.6 Å². The van der Waals surface area contributed by atoms with Crippen molar-refractivity contribution in [2.75, 3.05) is 32.8 Å². The largest absolute Gasteiger partial charge is 0.492 e. The topological polar surface area (TPSA) is 78.2 Å². The van der Waals surface area contributed by atoms with Gasteiger partial charge in [0.1, 0.15) is 21.7 Å². The number of hydrogen-bond donors (Lipinski definition) is 1. The standard InChI is InChI=1S/C22H28N4O2S.ClH/c1-15(2)14-28-19-7-6-17(12-18(19)13-23)22-25-16(3)20(29-22)21(27)24-8-11-26-9-4-5-10-26;/h6-7,12,15H,4-5,8-11,14H2,1-3H3,(H,24,27);1H. The fourth-order valence-electron chi connectivity index (χ4n) is 3.28. The van der Waals surface area contributed by atoms with Gasteiger partial charge in [-0.3, -0.25) is 4.79 Å². The molecule has 0 spiro atoms. The van der Waals surface area contributed by atoms with Crippen molar-refractivity contribution in [3.8, 4) is 22.4 Å². The summed E-state index contributed by atoms with van der Waals surface area (Å²) in [6.45, 7) is 10.3. The predicted molar refractivity (Wildman–Crippen MR) is 123 cm³/mol. The fourth-order valence-corrected chi connectivity index (χ4v) is 4.26. The number of carbonyl (C=O) groups excluding carboxylic acids is 1. The van der Waals surface area contributed by atoms with Crippen LogP contribution in [0.3, 0.4) is 0 Å². The van der Waals surface area contributed by atoms with E-state index in [2.05, 4.69) is 35.1 Å². The molecule has 1 aliphatic heterocycles. The molecule has 1 amide bonds. The normalized spacial score (nSPS) is 13.7. The number of rotatable bonds is 8. The number of amides is 1. The lowest BCUT2D eigenvalue weighted by atomic mass is 10.1. The maximum atomic E-state index is 12.6. The Bertz CT molecular complexity index is 901. The Morgan fingerprint density at radius 1 is 1.37 bits per heavy atom. The van der Waals surface area contributed by atoms with E-state index in [0.717, 1.165) is 30.2 Å². The highest BCUT2D eigenvalue weighted by atomic mass is 35.5. The van der Waals surface area contributed by atoms with E-state index in [1.807, 2.05) is 19.1 Å². The summed E-state index contributed by atoms with van der Waals surface area (Å²) in [5.41, 5.74) is 2.01. The van der Waals surface area contributed by atoms with Crippen molar-refractivity contribution in [2.24, 2.45) is 5.92 Å². The smallest absolute Gasteiger partial charge is 0.263 e. The van der Waals surface area contributed by atoms with Crippen molar-refractivity contribution in [2.45, 2.75) is 33.6 Å². The van der Waals surface area contributed by atoms with Gasteiger partial charge in [0.2, 0.25) is 0 Å². The molecule has 162 valence electrons. The van der Waals surface area contributed by atoms with E-state index in [9.17, 15) is 10.1 Å². The average Bonchev–Trinajstić information content (AvgIpc) is 3.35. The minimum atomic E-state index is -0.0807. The molecule has 0 radical (unpaired) electrons. The van der Waals surface area contributed by atoms with Crippen LogP contribution in [0.25, 0.3) is 10.6 Å². The highest BCUT2D eigenvalue weighted by Gasteiger charge is 2.18. The molecular formula is C22H29ClN4O2S. The second-order valence-corrected chi connectivity index (χ2v) is 8.76. The number of carbonyl (C=O) groups is 1. The summed E-state index contributed by atoms with van der Waals surface area (Å²) in [7, 11) is 0. The summed E-state index contributed by atoms with van der Waals surface area (Å²) >= 11 is 1.36. The van der Waals surface area contributed by atoms with Gasteiger partial charge in [-0.2, -0.15) is 5.26 Å². The molecule has 8 heteroatoms. The minimum absolute atomic E-state index is 0. The molecule has 1 aromatic carbocycles. The first kappa shape index (κ1) is 24.1. The number of likely N-dealkylation sites (tertiary alicyclic amines) is 1. The van der Waals surface area contributed by atoms with Crippen molar-refractivity contribution in [3.05, 3.63) is 34.3 Å². The van der Waals surface area contributed by atoms with Crippen molar-refractivity contribution in [1.82, 2.24) is 15.2 Å². The first-order valence-electron chi connectivity index (χ1n) is 10.1. The van der Waals surface area contributed by atoms with Gasteiger partial charge in [-0.1, -0.05) is 13.8 Å².